The van der Waals surface area contributed by atoms with Crippen LogP contribution >= 0.6 is 0 Å². The Balaban J connectivity index is 1.62. The Bertz CT molecular complexity index is 1040. The van der Waals surface area contributed by atoms with Gasteiger partial charge in [0.1, 0.15) is 5.69 Å². The number of anilines is 3. The molecule has 1 N–H and O–H groups in total. The number of fused-ring (bicyclic) bond motifs is 1. The summed E-state index contributed by atoms with van der Waals surface area (Å²) in [6.07, 6.45) is 3.75. The van der Waals surface area contributed by atoms with Gasteiger partial charge in [0.05, 0.1) is 0 Å². The zero-order valence-corrected chi connectivity index (χ0v) is 17.1. The van der Waals surface area contributed by atoms with E-state index in [1.807, 2.05) is 30.3 Å². The van der Waals surface area contributed by atoms with Gasteiger partial charge in [-0.2, -0.15) is 0 Å². The van der Waals surface area contributed by atoms with Crippen molar-refractivity contribution in [2.75, 3.05) is 16.8 Å². The largest absolute Gasteiger partial charge is 0.320 e. The maximum Gasteiger partial charge on any atom is 0.274 e. The van der Waals surface area contributed by atoms with Crippen LogP contribution in [0.1, 0.15) is 48.8 Å². The Morgan fingerprint density at radius 2 is 1.79 bits per heavy atom. The SMILES string of the molecule is CC(C)(C)c1ccccc1NC(=O)c1ccnc(N2CCCc3ccccc32)n1. The minimum atomic E-state index is -0.226. The number of carbonyl (C=O) groups is 1. The summed E-state index contributed by atoms with van der Waals surface area (Å²) in [5.41, 5.74) is 4.60. The molecule has 3 aromatic rings. The Morgan fingerprint density at radius 1 is 1.03 bits per heavy atom. The lowest BCUT2D eigenvalue weighted by molar-refractivity contribution is 0.102. The van der Waals surface area contributed by atoms with Crippen LogP contribution in [0.4, 0.5) is 17.3 Å². The van der Waals surface area contributed by atoms with Crippen molar-refractivity contribution in [2.24, 2.45) is 0 Å². The second-order valence-corrected chi connectivity index (χ2v) is 8.38. The van der Waals surface area contributed by atoms with Crippen LogP contribution < -0.4 is 10.2 Å². The summed E-state index contributed by atoms with van der Waals surface area (Å²) in [4.78, 5) is 24.1. The summed E-state index contributed by atoms with van der Waals surface area (Å²) in [7, 11) is 0. The molecule has 1 amide bonds. The van der Waals surface area contributed by atoms with Gasteiger partial charge in [0.2, 0.25) is 5.95 Å². The van der Waals surface area contributed by atoms with E-state index < -0.39 is 0 Å². The molecule has 2 heterocycles. The second-order valence-electron chi connectivity index (χ2n) is 8.38. The highest BCUT2D eigenvalue weighted by molar-refractivity contribution is 6.03. The molecule has 148 valence electrons. The number of para-hydroxylation sites is 2. The average Bonchev–Trinajstić information content (AvgIpc) is 2.73. The zero-order valence-electron chi connectivity index (χ0n) is 17.1. The van der Waals surface area contributed by atoms with Gasteiger partial charge in [-0.3, -0.25) is 4.79 Å². The van der Waals surface area contributed by atoms with Crippen molar-refractivity contribution in [3.05, 3.63) is 77.6 Å². The third-order valence-corrected chi connectivity index (χ3v) is 5.21. The number of hydrogen-bond donors (Lipinski definition) is 1. The van der Waals surface area contributed by atoms with E-state index in [2.05, 4.69) is 59.2 Å². The van der Waals surface area contributed by atoms with E-state index in [1.54, 1.807) is 12.3 Å². The highest BCUT2D eigenvalue weighted by Crippen LogP contribution is 2.32. The molecular formula is C24H26N4O. The fourth-order valence-corrected chi connectivity index (χ4v) is 3.78. The van der Waals surface area contributed by atoms with Crippen molar-refractivity contribution >= 4 is 23.2 Å². The number of aryl methyl sites for hydroxylation is 1. The number of nitrogens with zero attached hydrogens (tertiary/aromatic N) is 3. The molecule has 0 aliphatic carbocycles. The molecule has 0 atom stereocenters. The van der Waals surface area contributed by atoms with Gasteiger partial charge in [0.15, 0.2) is 0 Å². The summed E-state index contributed by atoms with van der Waals surface area (Å²) in [5.74, 6) is 0.338. The molecular weight excluding hydrogens is 360 g/mol. The topological polar surface area (TPSA) is 58.1 Å². The van der Waals surface area contributed by atoms with E-state index in [0.29, 0.717) is 11.6 Å². The molecule has 1 aromatic heterocycles. The predicted octanol–water partition coefficient (Wildman–Crippen LogP) is 5.11. The van der Waals surface area contributed by atoms with E-state index >= 15 is 0 Å². The standard InChI is InChI=1S/C24H26N4O/c1-24(2,3)18-11-5-6-12-19(18)26-22(29)20-14-15-25-23(27-20)28-16-8-10-17-9-4-7-13-21(17)28/h4-7,9,11-15H,8,10,16H2,1-3H3,(H,26,29). The first-order valence-electron chi connectivity index (χ1n) is 10.0. The number of benzene rings is 2. The van der Waals surface area contributed by atoms with E-state index in [9.17, 15) is 4.79 Å². The number of nitrogens with one attached hydrogen (secondary N) is 1. The average molecular weight is 386 g/mol. The molecule has 2 aromatic carbocycles. The van der Waals surface area contributed by atoms with Crippen molar-refractivity contribution in [3.63, 3.8) is 0 Å². The molecule has 0 radical (unpaired) electrons. The molecule has 4 rings (SSSR count). The van der Waals surface area contributed by atoms with Gasteiger partial charge in [-0.25, -0.2) is 9.97 Å². The lowest BCUT2D eigenvalue weighted by Gasteiger charge is -2.29. The molecule has 0 saturated carbocycles. The van der Waals surface area contributed by atoms with E-state index in [0.717, 1.165) is 36.3 Å². The highest BCUT2D eigenvalue weighted by atomic mass is 16.1. The van der Waals surface area contributed by atoms with Crippen LogP contribution in [0.5, 0.6) is 0 Å². The first kappa shape index (κ1) is 19.1. The van der Waals surface area contributed by atoms with Crippen molar-refractivity contribution in [3.8, 4) is 0 Å². The Morgan fingerprint density at radius 3 is 2.62 bits per heavy atom. The Kier molecular flexibility index (Phi) is 5.05. The number of carbonyl (C=O) groups excluding carboxylic acids is 1. The molecule has 5 nitrogen and oxygen atoms in total. The van der Waals surface area contributed by atoms with Gasteiger partial charge in [0.25, 0.3) is 5.91 Å². The van der Waals surface area contributed by atoms with Crippen LogP contribution in [0.15, 0.2) is 60.8 Å². The Hall–Kier alpha value is -3.21. The molecule has 0 saturated heterocycles. The number of rotatable bonds is 3. The van der Waals surface area contributed by atoms with E-state index in [1.165, 1.54) is 5.56 Å². The first-order chi connectivity index (χ1) is 13.9. The normalized spacial score (nSPS) is 13.7. The lowest BCUT2D eigenvalue weighted by atomic mass is 9.86. The van der Waals surface area contributed by atoms with Gasteiger partial charge in [0, 0.05) is 24.1 Å². The Labute approximate surface area is 171 Å². The van der Waals surface area contributed by atoms with E-state index in [-0.39, 0.29) is 11.3 Å². The van der Waals surface area contributed by atoms with Gasteiger partial charge >= 0.3 is 0 Å². The maximum absolute atomic E-state index is 13.0. The minimum absolute atomic E-state index is 0.0712. The minimum Gasteiger partial charge on any atom is -0.320 e. The predicted molar refractivity (Wildman–Crippen MR) is 117 cm³/mol. The summed E-state index contributed by atoms with van der Waals surface area (Å²) in [6.45, 7) is 7.24. The summed E-state index contributed by atoms with van der Waals surface area (Å²) >= 11 is 0. The highest BCUT2D eigenvalue weighted by Gasteiger charge is 2.22. The van der Waals surface area contributed by atoms with Crippen LogP contribution in [0.3, 0.4) is 0 Å². The molecule has 0 unspecified atom stereocenters. The fraction of sp³-hybridized carbons (Fsp3) is 0.292. The van der Waals surface area contributed by atoms with Crippen molar-refractivity contribution in [2.45, 2.75) is 39.0 Å². The second kappa shape index (κ2) is 7.66. The summed E-state index contributed by atoms with van der Waals surface area (Å²) < 4.78 is 0. The lowest BCUT2D eigenvalue weighted by Crippen LogP contribution is -2.27. The van der Waals surface area contributed by atoms with Crippen LogP contribution in [0.25, 0.3) is 0 Å². The van der Waals surface area contributed by atoms with Gasteiger partial charge in [-0.05, 0) is 47.6 Å². The van der Waals surface area contributed by atoms with E-state index in [4.69, 9.17) is 0 Å². The quantitative estimate of drug-likeness (QED) is 0.679. The molecule has 29 heavy (non-hydrogen) atoms. The number of amides is 1. The van der Waals surface area contributed by atoms with Gasteiger partial charge < -0.3 is 10.2 Å². The molecule has 1 aliphatic rings. The molecule has 5 heteroatoms. The monoisotopic (exact) mass is 386 g/mol. The molecule has 1 aliphatic heterocycles. The van der Waals surface area contributed by atoms with Crippen molar-refractivity contribution in [1.82, 2.24) is 9.97 Å². The first-order valence-corrected chi connectivity index (χ1v) is 10.0. The smallest absolute Gasteiger partial charge is 0.274 e. The molecule has 0 fully saturated rings. The third kappa shape index (κ3) is 3.99. The third-order valence-electron chi connectivity index (χ3n) is 5.21. The van der Waals surface area contributed by atoms with Gasteiger partial charge in [-0.15, -0.1) is 0 Å². The molecule has 0 bridgehead atoms. The van der Waals surface area contributed by atoms with Crippen LogP contribution in [-0.2, 0) is 11.8 Å². The number of hydrogen-bond acceptors (Lipinski definition) is 4. The summed E-state index contributed by atoms with van der Waals surface area (Å²) in [5, 5.41) is 3.03. The van der Waals surface area contributed by atoms with Crippen molar-refractivity contribution < 1.29 is 4.79 Å². The molecule has 0 spiro atoms. The van der Waals surface area contributed by atoms with Crippen LogP contribution in [0, 0.1) is 0 Å². The number of aromatic nitrogens is 2. The maximum atomic E-state index is 13.0. The fourth-order valence-electron chi connectivity index (χ4n) is 3.78. The zero-order chi connectivity index (χ0) is 20.4. The van der Waals surface area contributed by atoms with Crippen molar-refractivity contribution in [1.29, 1.82) is 0 Å². The van der Waals surface area contributed by atoms with Crippen LogP contribution in [0.2, 0.25) is 0 Å². The van der Waals surface area contributed by atoms with Gasteiger partial charge in [-0.1, -0.05) is 57.2 Å². The summed E-state index contributed by atoms with van der Waals surface area (Å²) in [6, 6.07) is 17.9. The van der Waals surface area contributed by atoms with Crippen LogP contribution in [-0.4, -0.2) is 22.4 Å².